The van der Waals surface area contributed by atoms with Crippen molar-refractivity contribution in [2.24, 2.45) is 5.73 Å². The monoisotopic (exact) mass is 428 g/mol. The number of carbonyl (C=O) groups is 3. The van der Waals surface area contributed by atoms with Gasteiger partial charge in [-0.05, 0) is 49.4 Å². The molecule has 0 aliphatic rings. The predicted octanol–water partition coefficient (Wildman–Crippen LogP) is 2.95. The zero-order chi connectivity index (χ0) is 22.5. The van der Waals surface area contributed by atoms with Gasteiger partial charge < -0.3 is 24.5 Å². The number of fused-ring (bicyclic) bond motifs is 1. The quantitative estimate of drug-likeness (QED) is 0.552. The summed E-state index contributed by atoms with van der Waals surface area (Å²) in [5.74, 6) is -1.91. The maximum Gasteiger partial charge on any atom is 0.375 e. The molecule has 2 amide bonds. The van der Waals surface area contributed by atoms with E-state index in [0.717, 1.165) is 0 Å². The van der Waals surface area contributed by atoms with Crippen LogP contribution in [0, 0.1) is 12.7 Å². The number of primary amides is 1. The summed E-state index contributed by atoms with van der Waals surface area (Å²) in [6.45, 7) is 1.05. The molecule has 3 aromatic rings. The number of nitrogens with zero attached hydrogens (tertiary/aromatic N) is 1. The molecule has 0 bridgehead atoms. The second-order valence-electron chi connectivity index (χ2n) is 6.73. The lowest BCUT2D eigenvalue weighted by atomic mass is 10.1. The summed E-state index contributed by atoms with van der Waals surface area (Å²) in [6.07, 6.45) is -0.110. The first kappa shape index (κ1) is 21.8. The minimum Gasteiger partial charge on any atom is -0.497 e. The SMILES string of the molecule is COc1ccc2oc(C(=O)OCC(=O)N(CCC(N)=O)c3ccc(F)cc3)c(C)c2c1. The number of anilines is 1. The van der Waals surface area contributed by atoms with E-state index in [0.29, 0.717) is 28.0 Å². The van der Waals surface area contributed by atoms with Crippen molar-refractivity contribution in [2.45, 2.75) is 13.3 Å². The van der Waals surface area contributed by atoms with E-state index in [2.05, 4.69) is 0 Å². The number of esters is 1. The molecule has 3 rings (SSSR count). The van der Waals surface area contributed by atoms with Crippen molar-refractivity contribution in [3.63, 3.8) is 0 Å². The van der Waals surface area contributed by atoms with Gasteiger partial charge in [0.2, 0.25) is 11.7 Å². The minimum atomic E-state index is -0.810. The van der Waals surface area contributed by atoms with Gasteiger partial charge in [-0.25, -0.2) is 9.18 Å². The number of hydrogen-bond acceptors (Lipinski definition) is 6. The fourth-order valence-electron chi connectivity index (χ4n) is 3.03. The van der Waals surface area contributed by atoms with Crippen LogP contribution in [0.4, 0.5) is 10.1 Å². The average molecular weight is 428 g/mol. The number of nitrogens with two attached hydrogens (primary N) is 1. The third-order valence-corrected chi connectivity index (χ3v) is 4.68. The van der Waals surface area contributed by atoms with Gasteiger partial charge in [0.15, 0.2) is 6.61 Å². The van der Waals surface area contributed by atoms with Gasteiger partial charge in [-0.1, -0.05) is 0 Å². The number of amides is 2. The lowest BCUT2D eigenvalue weighted by Gasteiger charge is -2.22. The highest BCUT2D eigenvalue weighted by atomic mass is 19.1. The molecule has 1 heterocycles. The molecule has 0 saturated carbocycles. The van der Waals surface area contributed by atoms with Crippen LogP contribution >= 0.6 is 0 Å². The molecular weight excluding hydrogens is 407 g/mol. The molecule has 162 valence electrons. The normalized spacial score (nSPS) is 10.7. The third-order valence-electron chi connectivity index (χ3n) is 4.68. The first-order valence-corrected chi connectivity index (χ1v) is 9.38. The number of methoxy groups -OCH3 is 1. The minimum absolute atomic E-state index is 0.0264. The van der Waals surface area contributed by atoms with Crippen molar-refractivity contribution >= 4 is 34.4 Å². The molecule has 2 aromatic carbocycles. The van der Waals surface area contributed by atoms with Crippen molar-refractivity contribution in [3.8, 4) is 5.75 Å². The number of hydrogen-bond donors (Lipinski definition) is 1. The van der Waals surface area contributed by atoms with Crippen molar-refractivity contribution in [3.05, 3.63) is 59.6 Å². The van der Waals surface area contributed by atoms with Crippen LogP contribution in [0.3, 0.4) is 0 Å². The van der Waals surface area contributed by atoms with Crippen LogP contribution in [0.1, 0.15) is 22.5 Å². The van der Waals surface area contributed by atoms with Gasteiger partial charge in [0, 0.05) is 29.6 Å². The van der Waals surface area contributed by atoms with Gasteiger partial charge in [0.25, 0.3) is 5.91 Å². The Labute approximate surface area is 177 Å². The topological polar surface area (TPSA) is 112 Å². The number of aryl methyl sites for hydroxylation is 1. The Morgan fingerprint density at radius 2 is 1.84 bits per heavy atom. The van der Waals surface area contributed by atoms with Gasteiger partial charge in [-0.3, -0.25) is 9.59 Å². The number of furan rings is 1. The molecular formula is C22H21FN2O6. The van der Waals surface area contributed by atoms with Crippen molar-refractivity contribution in [1.82, 2.24) is 0 Å². The van der Waals surface area contributed by atoms with Crippen LogP contribution in [0.15, 0.2) is 46.9 Å². The van der Waals surface area contributed by atoms with Gasteiger partial charge >= 0.3 is 5.97 Å². The standard InChI is InChI=1S/C22H21FN2O6/c1-13-17-11-16(29-2)7-8-18(17)31-21(13)22(28)30-12-20(27)25(10-9-19(24)26)15-5-3-14(23)4-6-15/h3-8,11H,9-10,12H2,1-2H3,(H2,24,26). The molecule has 0 atom stereocenters. The lowest BCUT2D eigenvalue weighted by molar-refractivity contribution is -0.122. The summed E-state index contributed by atoms with van der Waals surface area (Å²) in [4.78, 5) is 37.5. The van der Waals surface area contributed by atoms with Crippen LogP contribution < -0.4 is 15.4 Å². The highest BCUT2D eigenvalue weighted by molar-refractivity contribution is 5.99. The molecule has 0 aliphatic carbocycles. The Morgan fingerprint density at radius 1 is 1.13 bits per heavy atom. The average Bonchev–Trinajstić information content (AvgIpc) is 3.09. The van der Waals surface area contributed by atoms with E-state index in [4.69, 9.17) is 19.6 Å². The van der Waals surface area contributed by atoms with Crippen molar-refractivity contribution < 1.29 is 32.7 Å². The van der Waals surface area contributed by atoms with Crippen LogP contribution in [-0.2, 0) is 14.3 Å². The van der Waals surface area contributed by atoms with Gasteiger partial charge in [0.1, 0.15) is 17.1 Å². The Bertz CT molecular complexity index is 1120. The fraction of sp³-hybridized carbons (Fsp3) is 0.227. The highest BCUT2D eigenvalue weighted by Gasteiger charge is 2.23. The summed E-state index contributed by atoms with van der Waals surface area (Å²) >= 11 is 0. The van der Waals surface area contributed by atoms with E-state index in [1.54, 1.807) is 25.1 Å². The number of benzene rings is 2. The first-order chi connectivity index (χ1) is 14.8. The molecule has 8 nitrogen and oxygen atoms in total. The van der Waals surface area contributed by atoms with Crippen molar-refractivity contribution in [1.29, 1.82) is 0 Å². The Morgan fingerprint density at radius 3 is 2.48 bits per heavy atom. The number of carbonyl (C=O) groups excluding carboxylic acids is 3. The Kier molecular flexibility index (Phi) is 6.54. The molecule has 0 aliphatic heterocycles. The molecule has 31 heavy (non-hydrogen) atoms. The molecule has 0 saturated heterocycles. The molecule has 0 unspecified atom stereocenters. The summed E-state index contributed by atoms with van der Waals surface area (Å²) in [5.41, 5.74) is 6.54. The van der Waals surface area contributed by atoms with Crippen LogP contribution in [0.25, 0.3) is 11.0 Å². The molecule has 1 aromatic heterocycles. The second-order valence-corrected chi connectivity index (χ2v) is 6.73. The summed E-state index contributed by atoms with van der Waals surface area (Å²) in [7, 11) is 1.53. The highest BCUT2D eigenvalue weighted by Crippen LogP contribution is 2.29. The Hall–Kier alpha value is -3.88. The van der Waals surface area contributed by atoms with Crippen molar-refractivity contribution in [2.75, 3.05) is 25.2 Å². The Balaban J connectivity index is 1.74. The second kappa shape index (κ2) is 9.29. The zero-order valence-electron chi connectivity index (χ0n) is 17.0. The predicted molar refractivity (Wildman–Crippen MR) is 110 cm³/mol. The zero-order valence-corrected chi connectivity index (χ0v) is 17.0. The van der Waals surface area contributed by atoms with Crippen LogP contribution in [0.2, 0.25) is 0 Å². The number of rotatable bonds is 8. The smallest absolute Gasteiger partial charge is 0.375 e. The third kappa shape index (κ3) is 5.00. The van der Waals surface area contributed by atoms with Gasteiger partial charge in [0.05, 0.1) is 7.11 Å². The van der Waals surface area contributed by atoms with Gasteiger partial charge in [-0.2, -0.15) is 0 Å². The maximum absolute atomic E-state index is 13.2. The van der Waals surface area contributed by atoms with Crippen LogP contribution in [-0.4, -0.2) is 38.0 Å². The fourth-order valence-corrected chi connectivity index (χ4v) is 3.03. The van der Waals surface area contributed by atoms with E-state index in [1.165, 1.54) is 36.3 Å². The van der Waals surface area contributed by atoms with E-state index >= 15 is 0 Å². The number of halogens is 1. The van der Waals surface area contributed by atoms with Gasteiger partial charge in [-0.15, -0.1) is 0 Å². The lowest BCUT2D eigenvalue weighted by Crippen LogP contribution is -2.37. The maximum atomic E-state index is 13.2. The summed E-state index contributed by atoms with van der Waals surface area (Å²) in [6, 6.07) is 10.2. The largest absolute Gasteiger partial charge is 0.497 e. The molecule has 2 N–H and O–H groups in total. The molecule has 0 fully saturated rings. The molecule has 0 radical (unpaired) electrons. The summed E-state index contributed by atoms with van der Waals surface area (Å²) in [5, 5.41) is 0.687. The van der Waals surface area contributed by atoms with E-state index in [1.807, 2.05) is 0 Å². The summed E-state index contributed by atoms with van der Waals surface area (Å²) < 4.78 is 29.1. The molecule has 0 spiro atoms. The number of ether oxygens (including phenoxy) is 2. The van der Waals surface area contributed by atoms with E-state index in [9.17, 15) is 18.8 Å². The van der Waals surface area contributed by atoms with E-state index in [-0.39, 0.29) is 18.7 Å². The van der Waals surface area contributed by atoms with E-state index < -0.39 is 30.2 Å². The van der Waals surface area contributed by atoms with Crippen LogP contribution in [0.5, 0.6) is 5.75 Å². The molecule has 9 heteroatoms. The first-order valence-electron chi connectivity index (χ1n) is 9.38.